The number of nitrogens with zero attached hydrogens (tertiary/aromatic N) is 10. The minimum absolute atomic E-state index is 0.162. The van der Waals surface area contributed by atoms with Crippen molar-refractivity contribution in [3.63, 3.8) is 0 Å². The summed E-state index contributed by atoms with van der Waals surface area (Å²) >= 11 is 0. The first kappa shape index (κ1) is 20.8. The van der Waals surface area contributed by atoms with Crippen LogP contribution < -0.4 is 9.80 Å². The van der Waals surface area contributed by atoms with Gasteiger partial charge in [0.25, 0.3) is 0 Å². The van der Waals surface area contributed by atoms with Crippen LogP contribution in [0.2, 0.25) is 0 Å². The third-order valence-corrected chi connectivity index (χ3v) is 6.55. The summed E-state index contributed by atoms with van der Waals surface area (Å²) in [5.41, 5.74) is -0.162. The average molecular weight is 437 g/mol. The van der Waals surface area contributed by atoms with Crippen LogP contribution in [0.25, 0.3) is 0 Å². The molecule has 0 amide bonds. The molecule has 0 saturated carbocycles. The van der Waals surface area contributed by atoms with Gasteiger partial charge in [-0.05, 0) is 25.7 Å². The molecule has 2 saturated heterocycles. The molecule has 10 nitrogen and oxygen atoms in total. The number of hydrogen-bond acceptors (Lipinski definition) is 8. The lowest BCUT2D eigenvalue weighted by molar-refractivity contribution is 0.538. The molecule has 0 radical (unpaired) electrons. The zero-order chi connectivity index (χ0) is 22.5. The van der Waals surface area contributed by atoms with Crippen molar-refractivity contribution in [3.05, 3.63) is 36.2 Å². The summed E-state index contributed by atoms with van der Waals surface area (Å²) < 4.78 is 4.03. The average Bonchev–Trinajstić information content (AvgIpc) is 3.53. The van der Waals surface area contributed by atoms with Gasteiger partial charge >= 0.3 is 0 Å². The van der Waals surface area contributed by atoms with Crippen molar-refractivity contribution in [2.24, 2.45) is 14.1 Å². The summed E-state index contributed by atoms with van der Waals surface area (Å²) in [6.07, 6.45) is 7.84. The van der Waals surface area contributed by atoms with Crippen LogP contribution in [-0.4, -0.2) is 52.6 Å². The first-order valence-electron chi connectivity index (χ1n) is 11.4. The molecule has 0 bridgehead atoms. The largest absolute Gasteiger partial charge is 0.346 e. The molecule has 5 heterocycles. The van der Waals surface area contributed by atoms with Crippen molar-refractivity contribution in [1.82, 2.24) is 39.5 Å². The molecular formula is C22H32N10. The summed E-state index contributed by atoms with van der Waals surface area (Å²) in [4.78, 5) is 14.8. The van der Waals surface area contributed by atoms with Gasteiger partial charge in [-0.1, -0.05) is 20.8 Å². The van der Waals surface area contributed by atoms with Crippen LogP contribution in [0, 0.1) is 0 Å². The monoisotopic (exact) mass is 436 g/mol. The maximum absolute atomic E-state index is 5.05. The lowest BCUT2D eigenvalue weighted by atomic mass is 9.95. The Morgan fingerprint density at radius 2 is 1.25 bits per heavy atom. The van der Waals surface area contributed by atoms with E-state index in [-0.39, 0.29) is 17.5 Å². The molecule has 0 unspecified atom stereocenters. The molecule has 32 heavy (non-hydrogen) atoms. The Labute approximate surface area is 188 Å². The molecule has 0 N–H and O–H groups in total. The highest BCUT2D eigenvalue weighted by Crippen LogP contribution is 2.39. The van der Waals surface area contributed by atoms with Gasteiger partial charge in [0.2, 0.25) is 0 Å². The van der Waals surface area contributed by atoms with E-state index in [0.29, 0.717) is 0 Å². The van der Waals surface area contributed by atoms with Crippen molar-refractivity contribution >= 4 is 11.6 Å². The highest BCUT2D eigenvalue weighted by atomic mass is 15.3. The molecular weight excluding hydrogens is 404 g/mol. The summed E-state index contributed by atoms with van der Waals surface area (Å²) in [5.74, 6) is 4.76. The minimum Gasteiger partial charge on any atom is -0.346 e. The normalized spacial score (nSPS) is 21.7. The summed E-state index contributed by atoms with van der Waals surface area (Å²) in [6.45, 7) is 8.41. The van der Waals surface area contributed by atoms with Gasteiger partial charge in [0.15, 0.2) is 11.6 Å². The topological polar surface area (TPSA) is 93.7 Å². The van der Waals surface area contributed by atoms with Gasteiger partial charge in [-0.2, -0.15) is 0 Å². The molecule has 2 aliphatic heterocycles. The highest BCUT2D eigenvalue weighted by molar-refractivity contribution is 5.54. The predicted molar refractivity (Wildman–Crippen MR) is 121 cm³/mol. The lowest BCUT2D eigenvalue weighted by Crippen LogP contribution is -2.30. The molecule has 3 aromatic rings. The second kappa shape index (κ2) is 7.83. The third-order valence-electron chi connectivity index (χ3n) is 6.55. The van der Waals surface area contributed by atoms with Gasteiger partial charge in [-0.25, -0.2) is 9.97 Å². The number of hydrogen-bond donors (Lipinski definition) is 0. The van der Waals surface area contributed by atoms with Crippen LogP contribution >= 0.6 is 0 Å². The summed E-state index contributed by atoms with van der Waals surface area (Å²) in [5, 5.41) is 17.0. The maximum atomic E-state index is 5.05. The van der Waals surface area contributed by atoms with Crippen molar-refractivity contribution in [1.29, 1.82) is 0 Å². The van der Waals surface area contributed by atoms with E-state index >= 15 is 0 Å². The zero-order valence-corrected chi connectivity index (χ0v) is 19.6. The van der Waals surface area contributed by atoms with Crippen molar-refractivity contribution in [3.8, 4) is 0 Å². The molecule has 0 aliphatic carbocycles. The SMILES string of the molecule is Cn1cnnc1[C@@H]1CCCN1c1cc(N2CCC[C@H]2c2nncn2C)nc(C(C)(C)C)n1. The number of rotatable bonds is 4. The molecule has 3 aromatic heterocycles. The maximum Gasteiger partial charge on any atom is 0.155 e. The van der Waals surface area contributed by atoms with E-state index in [2.05, 4.69) is 57.0 Å². The Hall–Kier alpha value is -3.04. The van der Waals surface area contributed by atoms with E-state index in [1.165, 1.54) is 0 Å². The summed E-state index contributed by atoms with van der Waals surface area (Å²) in [7, 11) is 4.01. The fourth-order valence-corrected chi connectivity index (χ4v) is 4.86. The van der Waals surface area contributed by atoms with Crippen LogP contribution in [0.4, 0.5) is 11.6 Å². The molecule has 2 aliphatic rings. The quantitative estimate of drug-likeness (QED) is 0.616. The smallest absolute Gasteiger partial charge is 0.155 e. The van der Waals surface area contributed by atoms with Crippen LogP contribution in [0.5, 0.6) is 0 Å². The van der Waals surface area contributed by atoms with Crippen LogP contribution in [0.3, 0.4) is 0 Å². The van der Waals surface area contributed by atoms with Crippen LogP contribution in [-0.2, 0) is 19.5 Å². The fraction of sp³-hybridized carbons (Fsp3) is 0.636. The number of anilines is 2. The second-order valence-corrected chi connectivity index (χ2v) is 9.96. The fourth-order valence-electron chi connectivity index (χ4n) is 4.86. The van der Waals surface area contributed by atoms with E-state index in [0.717, 1.165) is 67.9 Å². The standard InChI is InChI=1S/C22H32N10/c1-22(2,3)21-25-17(31-10-6-8-15(31)19-27-23-13-29(19)4)12-18(26-21)32-11-7-9-16(32)20-28-24-14-30(20)5/h12-16H,6-11H2,1-5H3/t15-,16-/m0/s1. The molecule has 5 rings (SSSR count). The number of aryl methyl sites for hydroxylation is 2. The van der Waals surface area contributed by atoms with Gasteiger partial charge in [-0.3, -0.25) is 0 Å². The van der Waals surface area contributed by atoms with Crippen LogP contribution in [0.15, 0.2) is 18.7 Å². The highest BCUT2D eigenvalue weighted by Gasteiger charge is 2.35. The third kappa shape index (κ3) is 3.61. The number of aromatic nitrogens is 8. The van der Waals surface area contributed by atoms with E-state index in [4.69, 9.17) is 9.97 Å². The van der Waals surface area contributed by atoms with E-state index in [1.807, 2.05) is 23.2 Å². The van der Waals surface area contributed by atoms with E-state index in [9.17, 15) is 0 Å². The summed E-state index contributed by atoms with van der Waals surface area (Å²) in [6, 6.07) is 2.50. The Kier molecular flexibility index (Phi) is 5.10. The van der Waals surface area contributed by atoms with Crippen molar-refractivity contribution in [2.75, 3.05) is 22.9 Å². The lowest BCUT2D eigenvalue weighted by Gasteiger charge is -2.30. The molecule has 2 fully saturated rings. The van der Waals surface area contributed by atoms with Gasteiger partial charge in [0.1, 0.15) is 30.1 Å². The first-order chi connectivity index (χ1) is 15.3. The first-order valence-corrected chi connectivity index (χ1v) is 11.4. The molecule has 0 aromatic carbocycles. The van der Waals surface area contributed by atoms with Crippen LogP contribution in [0.1, 0.15) is 76.0 Å². The molecule has 2 atom stereocenters. The Morgan fingerprint density at radius 3 is 1.62 bits per heavy atom. The predicted octanol–water partition coefficient (Wildman–Crippen LogP) is 2.71. The van der Waals surface area contributed by atoms with Crippen molar-refractivity contribution < 1.29 is 0 Å². The molecule has 10 heteroatoms. The van der Waals surface area contributed by atoms with E-state index in [1.54, 1.807) is 12.7 Å². The molecule has 170 valence electrons. The Bertz CT molecular complexity index is 1020. The van der Waals surface area contributed by atoms with E-state index < -0.39 is 0 Å². The van der Waals surface area contributed by atoms with Crippen molar-refractivity contribution in [2.45, 2.75) is 64.0 Å². The van der Waals surface area contributed by atoms with Gasteiger partial charge < -0.3 is 18.9 Å². The second-order valence-electron chi connectivity index (χ2n) is 9.96. The van der Waals surface area contributed by atoms with Gasteiger partial charge in [0.05, 0.1) is 12.1 Å². The minimum atomic E-state index is -0.162. The Morgan fingerprint density at radius 1 is 0.781 bits per heavy atom. The molecule has 0 spiro atoms. The Balaban J connectivity index is 1.57. The van der Waals surface area contributed by atoms with Gasteiger partial charge in [-0.15, -0.1) is 20.4 Å². The zero-order valence-electron chi connectivity index (χ0n) is 19.6. The van der Waals surface area contributed by atoms with Gasteiger partial charge in [0, 0.05) is 38.7 Å².